The molecule has 2 rings (SSSR count). The highest BCUT2D eigenvalue weighted by Gasteiger charge is 2.49. The number of aliphatic imine (C=N–C) groups is 1. The molecule has 2 atom stereocenters. The van der Waals surface area contributed by atoms with Gasteiger partial charge in [0.1, 0.15) is 11.3 Å². The molecule has 1 amide bonds. The summed E-state index contributed by atoms with van der Waals surface area (Å²) in [6.45, 7) is 15.0. The van der Waals surface area contributed by atoms with Crippen molar-refractivity contribution in [2.75, 3.05) is 13.1 Å². The van der Waals surface area contributed by atoms with Gasteiger partial charge in [0, 0.05) is 19.3 Å². The Morgan fingerprint density at radius 1 is 1.34 bits per heavy atom. The molecule has 2 N–H and O–H groups in total. The molecule has 0 spiro atoms. The van der Waals surface area contributed by atoms with Crippen molar-refractivity contribution in [3.63, 3.8) is 0 Å². The summed E-state index contributed by atoms with van der Waals surface area (Å²) in [5, 5.41) is 6.56. The average molecular weight is 406 g/mol. The molecule has 0 bridgehead atoms. The fourth-order valence-corrected chi connectivity index (χ4v) is 3.32. The number of rotatable bonds is 5. The second-order valence-electron chi connectivity index (χ2n) is 8.58. The van der Waals surface area contributed by atoms with E-state index >= 15 is 0 Å². The van der Waals surface area contributed by atoms with Crippen LogP contribution in [0.1, 0.15) is 54.2 Å². The number of aromatic nitrogens is 1. The van der Waals surface area contributed by atoms with Crippen molar-refractivity contribution >= 4 is 12.1 Å². The summed E-state index contributed by atoms with van der Waals surface area (Å²) in [4.78, 5) is 23.4. The minimum atomic E-state index is -0.752. The molecule has 0 aliphatic carbocycles. The number of guanidine groups is 1. The third-order valence-electron chi connectivity index (χ3n) is 4.47. The predicted octanol–water partition coefficient (Wildman–Crippen LogP) is 2.90. The van der Waals surface area contributed by atoms with Crippen molar-refractivity contribution in [2.24, 2.45) is 4.99 Å². The summed E-state index contributed by atoms with van der Waals surface area (Å²) in [6.07, 6.45) is 1.22. The zero-order valence-corrected chi connectivity index (χ0v) is 18.7. The van der Waals surface area contributed by atoms with Gasteiger partial charge in [0.2, 0.25) is 0 Å². The van der Waals surface area contributed by atoms with Crippen molar-refractivity contribution in [3.8, 4) is 0 Å². The lowest BCUT2D eigenvalue weighted by atomic mass is 10.1. The van der Waals surface area contributed by atoms with Gasteiger partial charge in [-0.05, 0) is 60.6 Å². The molecule has 29 heavy (non-hydrogen) atoms. The SMILES string of the molecule is CCNC(=NCc1ccccn1)NCC1C(C)OC(C)(C)N1C(=O)OC(C)(C)C. The van der Waals surface area contributed by atoms with Crippen LogP contribution in [-0.2, 0) is 16.0 Å². The zero-order chi connectivity index (χ0) is 21.7. The molecular weight excluding hydrogens is 370 g/mol. The van der Waals surface area contributed by atoms with E-state index in [4.69, 9.17) is 9.47 Å². The second-order valence-corrected chi connectivity index (χ2v) is 8.58. The maximum absolute atomic E-state index is 12.9. The summed E-state index contributed by atoms with van der Waals surface area (Å²) in [6, 6.07) is 5.56. The smallest absolute Gasteiger partial charge is 0.412 e. The lowest BCUT2D eigenvalue weighted by Gasteiger charge is -2.35. The number of amides is 1. The molecule has 1 fully saturated rings. The largest absolute Gasteiger partial charge is 0.444 e. The highest BCUT2D eigenvalue weighted by Crippen LogP contribution is 2.33. The lowest BCUT2D eigenvalue weighted by Crippen LogP contribution is -2.54. The van der Waals surface area contributed by atoms with Crippen LogP contribution in [0.5, 0.6) is 0 Å². The molecule has 1 saturated heterocycles. The zero-order valence-electron chi connectivity index (χ0n) is 18.7. The van der Waals surface area contributed by atoms with E-state index in [1.807, 2.05) is 66.7 Å². The van der Waals surface area contributed by atoms with Crippen LogP contribution in [0.15, 0.2) is 29.4 Å². The highest BCUT2D eigenvalue weighted by atomic mass is 16.6. The number of carbonyl (C=O) groups is 1. The van der Waals surface area contributed by atoms with Gasteiger partial charge in [-0.1, -0.05) is 6.07 Å². The molecule has 162 valence electrons. The number of nitrogens with one attached hydrogen (secondary N) is 2. The van der Waals surface area contributed by atoms with E-state index in [0.29, 0.717) is 19.0 Å². The molecule has 8 nitrogen and oxygen atoms in total. The lowest BCUT2D eigenvalue weighted by molar-refractivity contribution is -0.0755. The van der Waals surface area contributed by atoms with Gasteiger partial charge in [0.05, 0.1) is 24.4 Å². The third kappa shape index (κ3) is 6.59. The first-order valence-corrected chi connectivity index (χ1v) is 10.2. The van der Waals surface area contributed by atoms with Crippen LogP contribution in [0.4, 0.5) is 4.79 Å². The summed E-state index contributed by atoms with van der Waals surface area (Å²) >= 11 is 0. The van der Waals surface area contributed by atoms with Crippen molar-refractivity contribution in [3.05, 3.63) is 30.1 Å². The number of hydrogen-bond acceptors (Lipinski definition) is 5. The topological polar surface area (TPSA) is 88.1 Å². The highest BCUT2D eigenvalue weighted by molar-refractivity contribution is 5.80. The standard InChI is InChI=1S/C21H35N5O3/c1-8-22-18(24-13-16-11-9-10-12-23-16)25-14-17-15(2)28-21(6,7)26(17)19(27)29-20(3,4)5/h9-12,15,17H,8,13-14H2,1-7H3,(H2,22,24,25). The average Bonchev–Trinajstić information content (AvgIpc) is 2.84. The van der Waals surface area contributed by atoms with Crippen LogP contribution >= 0.6 is 0 Å². The molecule has 0 saturated carbocycles. The molecule has 1 aliphatic rings. The van der Waals surface area contributed by atoms with Crippen molar-refractivity contribution in [2.45, 2.75) is 78.5 Å². The third-order valence-corrected chi connectivity index (χ3v) is 4.47. The van der Waals surface area contributed by atoms with Gasteiger partial charge in [-0.25, -0.2) is 9.79 Å². The Hall–Kier alpha value is -2.35. The van der Waals surface area contributed by atoms with Crippen LogP contribution < -0.4 is 10.6 Å². The minimum absolute atomic E-state index is 0.149. The molecule has 2 unspecified atom stereocenters. The maximum atomic E-state index is 12.9. The van der Waals surface area contributed by atoms with Crippen molar-refractivity contribution < 1.29 is 14.3 Å². The molecule has 8 heteroatoms. The molecule has 1 aliphatic heterocycles. The van der Waals surface area contributed by atoms with Gasteiger partial charge in [-0.15, -0.1) is 0 Å². The van der Waals surface area contributed by atoms with Crippen LogP contribution in [0.3, 0.4) is 0 Å². The van der Waals surface area contributed by atoms with E-state index in [1.54, 1.807) is 11.1 Å². The van der Waals surface area contributed by atoms with E-state index in [1.165, 1.54) is 0 Å². The Bertz CT molecular complexity index is 700. The van der Waals surface area contributed by atoms with E-state index in [9.17, 15) is 4.79 Å². The van der Waals surface area contributed by atoms with Gasteiger partial charge in [-0.3, -0.25) is 9.88 Å². The second kappa shape index (κ2) is 9.43. The summed E-state index contributed by atoms with van der Waals surface area (Å²) in [7, 11) is 0. The Kier molecular flexibility index (Phi) is 7.46. The van der Waals surface area contributed by atoms with Gasteiger partial charge in [0.15, 0.2) is 5.96 Å². The number of pyridine rings is 1. The van der Waals surface area contributed by atoms with Crippen LogP contribution in [0, 0.1) is 0 Å². The van der Waals surface area contributed by atoms with Gasteiger partial charge < -0.3 is 20.1 Å². The first-order chi connectivity index (χ1) is 13.5. The molecular formula is C21H35N5O3. The van der Waals surface area contributed by atoms with Gasteiger partial charge in [0.25, 0.3) is 0 Å². The van der Waals surface area contributed by atoms with E-state index in [2.05, 4.69) is 20.6 Å². The summed E-state index contributed by atoms with van der Waals surface area (Å²) in [5.74, 6) is 0.666. The monoisotopic (exact) mass is 405 g/mol. The molecule has 1 aromatic heterocycles. The predicted molar refractivity (Wildman–Crippen MR) is 114 cm³/mol. The Morgan fingerprint density at radius 2 is 2.07 bits per heavy atom. The number of ether oxygens (including phenoxy) is 2. The van der Waals surface area contributed by atoms with Gasteiger partial charge in [-0.2, -0.15) is 0 Å². The molecule has 0 radical (unpaired) electrons. The van der Waals surface area contributed by atoms with E-state index in [-0.39, 0.29) is 18.2 Å². The molecule has 2 heterocycles. The van der Waals surface area contributed by atoms with Crippen LogP contribution in [0.25, 0.3) is 0 Å². The van der Waals surface area contributed by atoms with E-state index < -0.39 is 11.3 Å². The van der Waals surface area contributed by atoms with E-state index in [0.717, 1.165) is 12.2 Å². The summed E-state index contributed by atoms with van der Waals surface area (Å²) in [5.41, 5.74) is -0.438. The first kappa shape index (κ1) is 22.9. The molecule has 0 aromatic carbocycles. The quantitative estimate of drug-likeness (QED) is 0.578. The Labute approximate surface area is 174 Å². The fourth-order valence-electron chi connectivity index (χ4n) is 3.32. The molecule has 1 aromatic rings. The fraction of sp³-hybridized carbons (Fsp3) is 0.667. The number of hydrogen-bond donors (Lipinski definition) is 2. The Morgan fingerprint density at radius 3 is 2.66 bits per heavy atom. The van der Waals surface area contributed by atoms with Crippen LogP contribution in [-0.4, -0.2) is 58.5 Å². The number of nitrogens with zero attached hydrogens (tertiary/aromatic N) is 3. The maximum Gasteiger partial charge on any atom is 0.412 e. The first-order valence-electron chi connectivity index (χ1n) is 10.2. The van der Waals surface area contributed by atoms with Crippen molar-refractivity contribution in [1.29, 1.82) is 0 Å². The minimum Gasteiger partial charge on any atom is -0.444 e. The number of carbonyl (C=O) groups excluding carboxylic acids is 1. The summed E-state index contributed by atoms with van der Waals surface area (Å²) < 4.78 is 11.7. The van der Waals surface area contributed by atoms with Gasteiger partial charge >= 0.3 is 6.09 Å². The normalized spacial score (nSPS) is 21.8. The van der Waals surface area contributed by atoms with Crippen LogP contribution in [0.2, 0.25) is 0 Å². The Balaban J connectivity index is 2.10. The van der Waals surface area contributed by atoms with Crippen molar-refractivity contribution in [1.82, 2.24) is 20.5 Å².